The number of urea groups is 1. The fourth-order valence-corrected chi connectivity index (χ4v) is 4.40. The Hall–Kier alpha value is -4.27. The summed E-state index contributed by atoms with van der Waals surface area (Å²) in [6, 6.07) is 11.4. The highest BCUT2D eigenvalue weighted by Crippen LogP contribution is 2.24. The van der Waals surface area contributed by atoms with E-state index in [2.05, 4.69) is 19.9 Å². The Kier molecular flexibility index (Phi) is 5.14. The van der Waals surface area contributed by atoms with Crippen molar-refractivity contribution in [2.75, 3.05) is 13.1 Å². The summed E-state index contributed by atoms with van der Waals surface area (Å²) in [5.41, 5.74) is 5.45. The number of aromatic nitrogens is 6. The van der Waals surface area contributed by atoms with Crippen molar-refractivity contribution in [2.24, 2.45) is 0 Å². The lowest BCUT2D eigenvalue weighted by molar-refractivity contribution is 0.142. The smallest absolute Gasteiger partial charge is 0.320 e. The molecule has 2 aliphatic heterocycles. The summed E-state index contributed by atoms with van der Waals surface area (Å²) in [7, 11) is 0. The van der Waals surface area contributed by atoms with Gasteiger partial charge >= 0.3 is 6.03 Å². The second-order valence-electron chi connectivity index (χ2n) is 8.39. The van der Waals surface area contributed by atoms with Crippen molar-refractivity contribution in [3.63, 3.8) is 0 Å². The lowest BCUT2D eigenvalue weighted by Gasteiger charge is -2.35. The zero-order chi connectivity index (χ0) is 22.9. The first-order valence-corrected chi connectivity index (χ1v) is 11.3. The van der Waals surface area contributed by atoms with Gasteiger partial charge in [0.05, 0.1) is 24.5 Å². The lowest BCUT2D eigenvalue weighted by Crippen LogP contribution is -2.47. The van der Waals surface area contributed by atoms with Crippen LogP contribution in [0.4, 0.5) is 4.79 Å². The van der Waals surface area contributed by atoms with E-state index >= 15 is 0 Å². The standard InChI is InChI=1S/C25H22N8O/c34-25(32-11-7-19-17(15-32)13-28-23(30-19)21-5-1-3-9-26-21)33-12-8-20-18(16-33)14-29-24(31-20)22-6-2-4-10-27-22/h1-6,9-10,13-14H,7-8,11-12,15-16H2. The molecule has 0 atom stereocenters. The molecule has 9 nitrogen and oxygen atoms in total. The molecule has 2 amide bonds. The number of pyridine rings is 2. The molecule has 0 N–H and O–H groups in total. The molecule has 0 bridgehead atoms. The van der Waals surface area contributed by atoms with Gasteiger partial charge in [-0.1, -0.05) is 12.1 Å². The summed E-state index contributed by atoms with van der Waals surface area (Å²) in [5.74, 6) is 1.24. The van der Waals surface area contributed by atoms with Gasteiger partial charge in [0, 0.05) is 61.8 Å². The summed E-state index contributed by atoms with van der Waals surface area (Å²) in [4.78, 5) is 44.1. The van der Waals surface area contributed by atoms with E-state index in [-0.39, 0.29) is 6.03 Å². The van der Waals surface area contributed by atoms with E-state index in [0.29, 0.717) is 50.7 Å². The van der Waals surface area contributed by atoms with Crippen molar-refractivity contribution in [1.82, 2.24) is 39.7 Å². The van der Waals surface area contributed by atoms with Gasteiger partial charge in [-0.05, 0) is 24.3 Å². The first-order valence-electron chi connectivity index (χ1n) is 11.3. The minimum absolute atomic E-state index is 0.0268. The second kappa shape index (κ2) is 8.58. The Bertz CT molecular complexity index is 1240. The number of hydrogen-bond donors (Lipinski definition) is 0. The largest absolute Gasteiger partial charge is 0.320 e. The van der Waals surface area contributed by atoms with Crippen LogP contribution in [0.3, 0.4) is 0 Å². The zero-order valence-electron chi connectivity index (χ0n) is 18.5. The molecule has 0 saturated carbocycles. The maximum Gasteiger partial charge on any atom is 0.320 e. The number of amides is 2. The van der Waals surface area contributed by atoms with Crippen LogP contribution in [0.5, 0.6) is 0 Å². The molecular weight excluding hydrogens is 428 g/mol. The molecule has 0 unspecified atom stereocenters. The molecule has 168 valence electrons. The molecule has 6 heterocycles. The molecule has 4 aromatic heterocycles. The topological polar surface area (TPSA) is 101 Å². The van der Waals surface area contributed by atoms with E-state index in [1.807, 2.05) is 58.6 Å². The van der Waals surface area contributed by atoms with Crippen LogP contribution >= 0.6 is 0 Å². The van der Waals surface area contributed by atoms with Gasteiger partial charge in [0.2, 0.25) is 0 Å². The zero-order valence-corrected chi connectivity index (χ0v) is 18.5. The number of hydrogen-bond acceptors (Lipinski definition) is 7. The van der Waals surface area contributed by atoms with Crippen LogP contribution in [0.25, 0.3) is 23.0 Å². The fraction of sp³-hybridized carbons (Fsp3) is 0.240. The van der Waals surface area contributed by atoms with Gasteiger partial charge in [-0.2, -0.15) is 0 Å². The normalized spacial score (nSPS) is 14.9. The molecule has 4 aromatic rings. The third-order valence-corrected chi connectivity index (χ3v) is 6.20. The average molecular weight is 451 g/mol. The predicted octanol–water partition coefficient (Wildman–Crippen LogP) is 2.93. The average Bonchev–Trinajstić information content (AvgIpc) is 2.92. The molecular formula is C25H22N8O. The van der Waals surface area contributed by atoms with E-state index in [9.17, 15) is 4.79 Å². The van der Waals surface area contributed by atoms with Crippen molar-refractivity contribution in [2.45, 2.75) is 25.9 Å². The fourth-order valence-electron chi connectivity index (χ4n) is 4.40. The number of rotatable bonds is 2. The van der Waals surface area contributed by atoms with Crippen molar-refractivity contribution >= 4 is 6.03 Å². The summed E-state index contributed by atoms with van der Waals surface area (Å²) >= 11 is 0. The van der Waals surface area contributed by atoms with Gasteiger partial charge in [-0.15, -0.1) is 0 Å². The van der Waals surface area contributed by atoms with Gasteiger partial charge in [0.15, 0.2) is 11.6 Å². The minimum atomic E-state index is 0.0268. The van der Waals surface area contributed by atoms with Gasteiger partial charge in [-0.3, -0.25) is 9.97 Å². The van der Waals surface area contributed by atoms with E-state index in [4.69, 9.17) is 9.97 Å². The first kappa shape index (κ1) is 20.3. The van der Waals surface area contributed by atoms with Crippen LogP contribution in [-0.2, 0) is 25.9 Å². The Morgan fingerprint density at radius 1 is 0.676 bits per heavy atom. The number of fused-ring (bicyclic) bond motifs is 2. The van der Waals surface area contributed by atoms with Crippen LogP contribution in [0.1, 0.15) is 22.5 Å². The highest BCUT2D eigenvalue weighted by Gasteiger charge is 2.29. The SMILES string of the molecule is O=C(N1CCc2nc(-c3ccccn3)ncc2C1)N1CCc2nc(-c3ccccn3)ncc2C1. The van der Waals surface area contributed by atoms with Gasteiger partial charge < -0.3 is 9.80 Å². The Balaban J connectivity index is 1.15. The minimum Gasteiger partial charge on any atom is -0.320 e. The number of carbonyl (C=O) groups is 1. The summed E-state index contributed by atoms with van der Waals surface area (Å²) in [6.45, 7) is 2.27. The Morgan fingerprint density at radius 3 is 1.62 bits per heavy atom. The van der Waals surface area contributed by atoms with E-state index in [1.54, 1.807) is 12.4 Å². The third-order valence-electron chi connectivity index (χ3n) is 6.20. The number of carbonyl (C=O) groups excluding carboxylic acids is 1. The van der Waals surface area contributed by atoms with Crippen molar-refractivity contribution in [1.29, 1.82) is 0 Å². The van der Waals surface area contributed by atoms with E-state index in [1.165, 1.54) is 0 Å². The molecule has 2 aliphatic rings. The van der Waals surface area contributed by atoms with Gasteiger partial charge in [0.25, 0.3) is 0 Å². The molecule has 34 heavy (non-hydrogen) atoms. The molecule has 0 fully saturated rings. The summed E-state index contributed by atoms with van der Waals surface area (Å²) < 4.78 is 0. The summed E-state index contributed by atoms with van der Waals surface area (Å²) in [6.07, 6.45) is 8.52. The summed E-state index contributed by atoms with van der Waals surface area (Å²) in [5, 5.41) is 0. The molecule has 0 aromatic carbocycles. The molecule has 6 rings (SSSR count). The van der Waals surface area contributed by atoms with Crippen LogP contribution in [0.2, 0.25) is 0 Å². The quantitative estimate of drug-likeness (QED) is 0.463. The Morgan fingerprint density at radius 2 is 1.18 bits per heavy atom. The van der Waals surface area contributed by atoms with Crippen LogP contribution in [0, 0.1) is 0 Å². The first-order chi connectivity index (χ1) is 16.7. The third kappa shape index (κ3) is 3.85. The highest BCUT2D eigenvalue weighted by molar-refractivity contribution is 5.75. The van der Waals surface area contributed by atoms with Crippen molar-refractivity contribution in [3.05, 3.63) is 83.7 Å². The van der Waals surface area contributed by atoms with Crippen molar-refractivity contribution < 1.29 is 4.79 Å². The molecule has 0 saturated heterocycles. The van der Waals surface area contributed by atoms with E-state index in [0.717, 1.165) is 33.9 Å². The van der Waals surface area contributed by atoms with Crippen LogP contribution in [0.15, 0.2) is 61.2 Å². The van der Waals surface area contributed by atoms with Gasteiger partial charge in [-0.25, -0.2) is 24.7 Å². The second-order valence-corrected chi connectivity index (χ2v) is 8.39. The maximum atomic E-state index is 13.3. The van der Waals surface area contributed by atoms with Crippen LogP contribution < -0.4 is 0 Å². The highest BCUT2D eigenvalue weighted by atomic mass is 16.2. The van der Waals surface area contributed by atoms with E-state index < -0.39 is 0 Å². The Labute approximate surface area is 196 Å². The maximum absolute atomic E-state index is 13.3. The van der Waals surface area contributed by atoms with Crippen LogP contribution in [-0.4, -0.2) is 58.8 Å². The lowest BCUT2D eigenvalue weighted by atomic mass is 10.1. The monoisotopic (exact) mass is 450 g/mol. The molecule has 0 spiro atoms. The molecule has 9 heteroatoms. The predicted molar refractivity (Wildman–Crippen MR) is 124 cm³/mol. The molecule has 0 radical (unpaired) electrons. The van der Waals surface area contributed by atoms with Gasteiger partial charge in [0.1, 0.15) is 11.4 Å². The molecule has 0 aliphatic carbocycles. The van der Waals surface area contributed by atoms with Crippen molar-refractivity contribution in [3.8, 4) is 23.0 Å². The number of nitrogens with zero attached hydrogens (tertiary/aromatic N) is 8.